The van der Waals surface area contributed by atoms with Crippen LogP contribution in [0, 0.1) is 13.8 Å². The summed E-state index contributed by atoms with van der Waals surface area (Å²) in [6, 6.07) is 11.4. The van der Waals surface area contributed by atoms with Crippen LogP contribution < -0.4 is 10.5 Å². The molecule has 3 N–H and O–H groups in total. The van der Waals surface area contributed by atoms with Crippen molar-refractivity contribution >= 4 is 21.6 Å². The van der Waals surface area contributed by atoms with Crippen LogP contribution in [0.25, 0.3) is 0 Å². The summed E-state index contributed by atoms with van der Waals surface area (Å²) in [6.07, 6.45) is 0. The molecule has 110 valence electrons. The summed E-state index contributed by atoms with van der Waals surface area (Å²) in [5.41, 5.74) is 2.64. The molecular formula is C15H16N2O3S. The predicted octanol–water partition coefficient (Wildman–Crippen LogP) is 2.20. The average Bonchev–Trinajstić information content (AvgIpc) is 2.41. The lowest BCUT2D eigenvalue weighted by molar-refractivity contribution is 0.102. The molecule has 21 heavy (non-hydrogen) atoms. The van der Waals surface area contributed by atoms with Crippen molar-refractivity contribution in [2.75, 3.05) is 5.32 Å². The SMILES string of the molecule is Cc1ccc(NC(=O)c2ccccc2S(N)(=O)=O)c(C)c1. The van der Waals surface area contributed by atoms with E-state index in [4.69, 9.17) is 5.14 Å². The van der Waals surface area contributed by atoms with Gasteiger partial charge in [0.15, 0.2) is 0 Å². The van der Waals surface area contributed by atoms with Gasteiger partial charge in [0.2, 0.25) is 10.0 Å². The number of hydrogen-bond donors (Lipinski definition) is 2. The number of carbonyl (C=O) groups is 1. The van der Waals surface area contributed by atoms with Crippen molar-refractivity contribution in [2.45, 2.75) is 18.7 Å². The smallest absolute Gasteiger partial charge is 0.257 e. The van der Waals surface area contributed by atoms with Gasteiger partial charge in [0.25, 0.3) is 5.91 Å². The molecule has 0 unspecified atom stereocenters. The number of benzene rings is 2. The lowest BCUT2D eigenvalue weighted by Crippen LogP contribution is -2.20. The summed E-state index contributed by atoms with van der Waals surface area (Å²) in [6.45, 7) is 3.82. The number of rotatable bonds is 3. The molecule has 0 atom stereocenters. The number of aryl methyl sites for hydroxylation is 2. The highest BCUT2D eigenvalue weighted by Crippen LogP contribution is 2.19. The van der Waals surface area contributed by atoms with Gasteiger partial charge < -0.3 is 5.32 Å². The van der Waals surface area contributed by atoms with Crippen molar-refractivity contribution in [3.63, 3.8) is 0 Å². The molecule has 2 rings (SSSR count). The zero-order valence-corrected chi connectivity index (χ0v) is 12.6. The minimum absolute atomic E-state index is 0.0278. The van der Waals surface area contributed by atoms with E-state index in [1.807, 2.05) is 26.0 Å². The molecular weight excluding hydrogens is 288 g/mol. The highest BCUT2D eigenvalue weighted by molar-refractivity contribution is 7.89. The summed E-state index contributed by atoms with van der Waals surface area (Å²) in [4.78, 5) is 12.1. The average molecular weight is 304 g/mol. The first kappa shape index (κ1) is 15.2. The number of sulfonamides is 1. The first-order valence-corrected chi connectivity index (χ1v) is 7.84. The molecule has 0 radical (unpaired) electrons. The van der Waals surface area contributed by atoms with Crippen LogP contribution in [0.4, 0.5) is 5.69 Å². The van der Waals surface area contributed by atoms with Crippen molar-refractivity contribution < 1.29 is 13.2 Å². The third kappa shape index (κ3) is 3.48. The Morgan fingerprint density at radius 2 is 1.76 bits per heavy atom. The number of hydrogen-bond acceptors (Lipinski definition) is 3. The van der Waals surface area contributed by atoms with Crippen LogP contribution in [0.1, 0.15) is 21.5 Å². The molecule has 0 spiro atoms. The largest absolute Gasteiger partial charge is 0.322 e. The molecule has 0 heterocycles. The van der Waals surface area contributed by atoms with Crippen LogP contribution in [0.2, 0.25) is 0 Å². The van der Waals surface area contributed by atoms with Crippen LogP contribution in [0.15, 0.2) is 47.4 Å². The summed E-state index contributed by atoms with van der Waals surface area (Å²) >= 11 is 0. The Hall–Kier alpha value is -2.18. The second-order valence-electron chi connectivity index (χ2n) is 4.81. The van der Waals surface area contributed by atoms with Gasteiger partial charge in [0, 0.05) is 5.69 Å². The highest BCUT2D eigenvalue weighted by atomic mass is 32.2. The van der Waals surface area contributed by atoms with Crippen LogP contribution in [0.3, 0.4) is 0 Å². The summed E-state index contributed by atoms with van der Waals surface area (Å²) in [7, 11) is -3.95. The lowest BCUT2D eigenvalue weighted by Gasteiger charge is -2.11. The standard InChI is InChI=1S/C15H16N2O3S/c1-10-7-8-13(11(2)9-10)17-15(18)12-5-3-4-6-14(12)21(16,19)20/h3-9H,1-2H3,(H,17,18)(H2,16,19,20). The topological polar surface area (TPSA) is 89.3 Å². The highest BCUT2D eigenvalue weighted by Gasteiger charge is 2.19. The first-order valence-electron chi connectivity index (χ1n) is 6.29. The Balaban J connectivity index is 2.38. The van der Waals surface area contributed by atoms with Gasteiger partial charge in [-0.15, -0.1) is 0 Å². The quantitative estimate of drug-likeness (QED) is 0.911. The molecule has 0 fully saturated rings. The van der Waals surface area contributed by atoms with E-state index in [-0.39, 0.29) is 10.5 Å². The normalized spacial score (nSPS) is 11.2. The van der Waals surface area contributed by atoms with Crippen LogP contribution >= 0.6 is 0 Å². The number of nitrogens with one attached hydrogen (secondary N) is 1. The van der Waals surface area contributed by atoms with Gasteiger partial charge in [-0.05, 0) is 37.6 Å². The maximum atomic E-state index is 12.3. The minimum atomic E-state index is -3.95. The molecule has 0 saturated carbocycles. The minimum Gasteiger partial charge on any atom is -0.322 e. The zero-order chi connectivity index (χ0) is 15.6. The van der Waals surface area contributed by atoms with Gasteiger partial charge in [-0.3, -0.25) is 4.79 Å². The van der Waals surface area contributed by atoms with E-state index in [9.17, 15) is 13.2 Å². The Kier molecular flexibility index (Phi) is 4.11. The van der Waals surface area contributed by atoms with Gasteiger partial charge in [-0.1, -0.05) is 29.8 Å². The van der Waals surface area contributed by atoms with Crippen molar-refractivity contribution in [1.29, 1.82) is 0 Å². The molecule has 0 saturated heterocycles. The Labute approximate surface area is 123 Å². The van der Waals surface area contributed by atoms with Gasteiger partial charge in [-0.25, -0.2) is 13.6 Å². The fourth-order valence-corrected chi connectivity index (χ4v) is 2.78. The van der Waals surface area contributed by atoms with Crippen molar-refractivity contribution in [1.82, 2.24) is 0 Å². The second kappa shape index (κ2) is 5.67. The monoisotopic (exact) mass is 304 g/mol. The van der Waals surface area contributed by atoms with Crippen LogP contribution in [0.5, 0.6) is 0 Å². The fraction of sp³-hybridized carbons (Fsp3) is 0.133. The molecule has 2 aromatic carbocycles. The van der Waals surface area contributed by atoms with Gasteiger partial charge in [0.1, 0.15) is 0 Å². The van der Waals surface area contributed by atoms with Crippen molar-refractivity contribution in [3.8, 4) is 0 Å². The summed E-state index contributed by atoms with van der Waals surface area (Å²) in [5, 5.41) is 7.84. The van der Waals surface area contributed by atoms with Gasteiger partial charge in [-0.2, -0.15) is 0 Å². The summed E-state index contributed by atoms with van der Waals surface area (Å²) in [5.74, 6) is -0.508. The molecule has 1 amide bonds. The van der Waals surface area contributed by atoms with E-state index in [0.29, 0.717) is 5.69 Å². The van der Waals surface area contributed by atoms with E-state index in [2.05, 4.69) is 5.32 Å². The summed E-state index contributed by atoms with van der Waals surface area (Å²) < 4.78 is 23.0. The van der Waals surface area contributed by atoms with E-state index in [0.717, 1.165) is 11.1 Å². The molecule has 0 aliphatic heterocycles. The van der Waals surface area contributed by atoms with E-state index in [1.165, 1.54) is 18.2 Å². The molecule has 0 aliphatic carbocycles. The fourth-order valence-electron chi connectivity index (χ4n) is 2.05. The van der Waals surface area contributed by atoms with Crippen LogP contribution in [-0.2, 0) is 10.0 Å². The van der Waals surface area contributed by atoms with E-state index >= 15 is 0 Å². The molecule has 0 aliphatic rings. The maximum Gasteiger partial charge on any atom is 0.257 e. The third-order valence-corrected chi connectivity index (χ3v) is 4.04. The van der Waals surface area contributed by atoms with Crippen molar-refractivity contribution in [2.24, 2.45) is 5.14 Å². The Morgan fingerprint density at radius 1 is 1.10 bits per heavy atom. The first-order chi connectivity index (χ1) is 9.79. The maximum absolute atomic E-state index is 12.3. The van der Waals surface area contributed by atoms with E-state index < -0.39 is 15.9 Å². The number of amides is 1. The molecule has 2 aromatic rings. The molecule has 5 nitrogen and oxygen atoms in total. The van der Waals surface area contributed by atoms with Gasteiger partial charge >= 0.3 is 0 Å². The number of carbonyl (C=O) groups excluding carboxylic acids is 1. The van der Waals surface area contributed by atoms with Gasteiger partial charge in [0.05, 0.1) is 10.5 Å². The third-order valence-electron chi connectivity index (χ3n) is 3.07. The number of anilines is 1. The van der Waals surface area contributed by atoms with Crippen molar-refractivity contribution in [3.05, 3.63) is 59.2 Å². The number of nitrogens with two attached hydrogens (primary N) is 1. The Bertz CT molecular complexity index is 798. The number of primary sulfonamides is 1. The predicted molar refractivity (Wildman–Crippen MR) is 81.7 cm³/mol. The molecule has 6 heteroatoms. The Morgan fingerprint density at radius 3 is 2.38 bits per heavy atom. The molecule has 0 bridgehead atoms. The van der Waals surface area contributed by atoms with Crippen LogP contribution in [-0.4, -0.2) is 14.3 Å². The van der Waals surface area contributed by atoms with E-state index in [1.54, 1.807) is 12.1 Å². The zero-order valence-electron chi connectivity index (χ0n) is 11.8. The lowest BCUT2D eigenvalue weighted by atomic mass is 10.1. The molecule has 0 aromatic heterocycles. The second-order valence-corrected chi connectivity index (χ2v) is 6.34.